The molecule has 0 unspecified atom stereocenters. The van der Waals surface area contributed by atoms with Crippen LogP contribution in [0.25, 0.3) is 0 Å². The first-order valence-electron chi connectivity index (χ1n) is 7.30. The Labute approximate surface area is 135 Å². The molecule has 5 heteroatoms. The molecule has 2 rings (SSSR count). The van der Waals surface area contributed by atoms with Gasteiger partial charge in [0.15, 0.2) is 0 Å². The summed E-state index contributed by atoms with van der Waals surface area (Å²) >= 11 is 0. The highest BCUT2D eigenvalue weighted by atomic mass is 16.6. The number of amides is 2. The standard InChI is InChI=1S/C18H20N2O3/c1-18(2,3)23-17(22)20-15-12-8-7-11-14(15)19-16(21)13-9-5-4-6-10-13/h4-12H,1-3H3,(H,19,21)(H,20,22). The third kappa shape index (κ3) is 5.14. The van der Waals surface area contributed by atoms with Crippen LogP contribution < -0.4 is 10.6 Å². The quantitative estimate of drug-likeness (QED) is 0.888. The van der Waals surface area contributed by atoms with Crippen molar-refractivity contribution in [2.45, 2.75) is 26.4 Å². The van der Waals surface area contributed by atoms with Gasteiger partial charge in [-0.1, -0.05) is 30.3 Å². The average molecular weight is 312 g/mol. The van der Waals surface area contributed by atoms with Crippen LogP contribution in [-0.2, 0) is 4.74 Å². The Morgan fingerprint density at radius 2 is 1.35 bits per heavy atom. The van der Waals surface area contributed by atoms with Gasteiger partial charge < -0.3 is 10.1 Å². The van der Waals surface area contributed by atoms with Crippen LogP contribution in [-0.4, -0.2) is 17.6 Å². The molecule has 0 bridgehead atoms. The number of anilines is 2. The monoisotopic (exact) mass is 312 g/mol. The lowest BCUT2D eigenvalue weighted by molar-refractivity contribution is 0.0635. The van der Waals surface area contributed by atoms with Gasteiger partial charge in [-0.2, -0.15) is 0 Å². The lowest BCUT2D eigenvalue weighted by atomic mass is 10.2. The van der Waals surface area contributed by atoms with Crippen LogP contribution in [0.2, 0.25) is 0 Å². The van der Waals surface area contributed by atoms with E-state index in [1.165, 1.54) is 0 Å². The molecule has 2 aromatic rings. The fourth-order valence-corrected chi connectivity index (χ4v) is 1.90. The number of carbonyl (C=O) groups is 2. The summed E-state index contributed by atoms with van der Waals surface area (Å²) in [4.78, 5) is 24.1. The van der Waals surface area contributed by atoms with Crippen molar-refractivity contribution in [2.75, 3.05) is 10.6 Å². The molecule has 0 aromatic heterocycles. The smallest absolute Gasteiger partial charge is 0.412 e. The van der Waals surface area contributed by atoms with Crippen LogP contribution >= 0.6 is 0 Å². The molecule has 0 fully saturated rings. The molecule has 0 heterocycles. The summed E-state index contributed by atoms with van der Waals surface area (Å²) in [6.07, 6.45) is -0.570. The van der Waals surface area contributed by atoms with Gasteiger partial charge in [0.2, 0.25) is 0 Å². The number of hydrogen-bond donors (Lipinski definition) is 2. The van der Waals surface area contributed by atoms with Gasteiger partial charge in [0.05, 0.1) is 11.4 Å². The van der Waals surface area contributed by atoms with E-state index in [0.29, 0.717) is 16.9 Å². The van der Waals surface area contributed by atoms with E-state index in [1.807, 2.05) is 6.07 Å². The molecule has 0 atom stereocenters. The van der Waals surface area contributed by atoms with Gasteiger partial charge in [0.25, 0.3) is 5.91 Å². The van der Waals surface area contributed by atoms with E-state index in [4.69, 9.17) is 4.74 Å². The predicted molar refractivity (Wildman–Crippen MR) is 90.7 cm³/mol. The van der Waals surface area contributed by atoms with Crippen LogP contribution in [0.1, 0.15) is 31.1 Å². The van der Waals surface area contributed by atoms with Crippen LogP contribution in [0, 0.1) is 0 Å². The summed E-state index contributed by atoms with van der Waals surface area (Å²) in [5.74, 6) is -0.246. The number of benzene rings is 2. The molecule has 0 spiro atoms. The second kappa shape index (κ2) is 6.96. The van der Waals surface area contributed by atoms with Crippen LogP contribution in [0.3, 0.4) is 0 Å². The molecule has 2 aromatic carbocycles. The first-order chi connectivity index (χ1) is 10.8. The van der Waals surface area contributed by atoms with Crippen molar-refractivity contribution in [2.24, 2.45) is 0 Å². The van der Waals surface area contributed by atoms with Crippen molar-refractivity contribution in [3.8, 4) is 0 Å². The maximum absolute atomic E-state index is 12.2. The summed E-state index contributed by atoms with van der Waals surface area (Å²) in [7, 11) is 0. The number of ether oxygens (including phenoxy) is 1. The van der Waals surface area contributed by atoms with E-state index in [1.54, 1.807) is 69.3 Å². The zero-order valence-electron chi connectivity index (χ0n) is 13.4. The van der Waals surface area contributed by atoms with Gasteiger partial charge in [0, 0.05) is 5.56 Å². The number of carbonyl (C=O) groups excluding carboxylic acids is 2. The molecule has 0 saturated carbocycles. The van der Waals surface area contributed by atoms with Crippen LogP contribution in [0.15, 0.2) is 54.6 Å². The van der Waals surface area contributed by atoms with Gasteiger partial charge in [0.1, 0.15) is 5.60 Å². The van der Waals surface area contributed by atoms with Crippen molar-refractivity contribution in [3.63, 3.8) is 0 Å². The van der Waals surface area contributed by atoms with E-state index in [9.17, 15) is 9.59 Å². The Hall–Kier alpha value is -2.82. The normalized spacial score (nSPS) is 10.7. The average Bonchev–Trinajstić information content (AvgIpc) is 2.48. The zero-order valence-corrected chi connectivity index (χ0v) is 13.4. The number of para-hydroxylation sites is 2. The Kier molecular flexibility index (Phi) is 5.01. The van der Waals surface area contributed by atoms with E-state index in [2.05, 4.69) is 10.6 Å². The molecule has 0 aliphatic rings. The Morgan fingerprint density at radius 3 is 1.91 bits per heavy atom. The molecule has 2 N–H and O–H groups in total. The van der Waals surface area contributed by atoms with Crippen LogP contribution in [0.5, 0.6) is 0 Å². The number of hydrogen-bond acceptors (Lipinski definition) is 3. The minimum absolute atomic E-state index is 0.246. The maximum atomic E-state index is 12.2. The van der Waals surface area contributed by atoms with E-state index < -0.39 is 11.7 Å². The molecule has 0 aliphatic carbocycles. The number of rotatable bonds is 3. The van der Waals surface area contributed by atoms with Crippen LogP contribution in [0.4, 0.5) is 16.2 Å². The fraction of sp³-hybridized carbons (Fsp3) is 0.222. The minimum Gasteiger partial charge on any atom is -0.444 e. The van der Waals surface area contributed by atoms with E-state index >= 15 is 0 Å². The molecule has 23 heavy (non-hydrogen) atoms. The topological polar surface area (TPSA) is 67.4 Å². The molecular weight excluding hydrogens is 292 g/mol. The fourth-order valence-electron chi connectivity index (χ4n) is 1.90. The predicted octanol–water partition coefficient (Wildman–Crippen LogP) is 4.29. The summed E-state index contributed by atoms with van der Waals surface area (Å²) in [5.41, 5.74) is 0.935. The Balaban J connectivity index is 2.12. The van der Waals surface area contributed by atoms with Crippen molar-refractivity contribution < 1.29 is 14.3 Å². The molecule has 2 amide bonds. The Morgan fingerprint density at radius 1 is 0.826 bits per heavy atom. The summed E-state index contributed by atoms with van der Waals surface area (Å²) in [5, 5.41) is 5.43. The van der Waals surface area contributed by atoms with Crippen molar-refractivity contribution in [3.05, 3.63) is 60.2 Å². The lowest BCUT2D eigenvalue weighted by Gasteiger charge is -2.20. The van der Waals surface area contributed by atoms with Gasteiger partial charge in [-0.05, 0) is 45.0 Å². The van der Waals surface area contributed by atoms with Gasteiger partial charge in [-0.3, -0.25) is 10.1 Å². The van der Waals surface area contributed by atoms with Gasteiger partial charge >= 0.3 is 6.09 Å². The first-order valence-corrected chi connectivity index (χ1v) is 7.30. The van der Waals surface area contributed by atoms with Crippen molar-refractivity contribution >= 4 is 23.4 Å². The lowest BCUT2D eigenvalue weighted by Crippen LogP contribution is -2.27. The molecule has 0 radical (unpaired) electrons. The summed E-state index contributed by atoms with van der Waals surface area (Å²) < 4.78 is 5.22. The Bertz CT molecular complexity index is 691. The second-order valence-electron chi connectivity index (χ2n) is 5.99. The highest BCUT2D eigenvalue weighted by molar-refractivity contribution is 6.06. The van der Waals surface area contributed by atoms with Gasteiger partial charge in [-0.25, -0.2) is 4.79 Å². The number of nitrogens with one attached hydrogen (secondary N) is 2. The SMILES string of the molecule is CC(C)(C)OC(=O)Nc1ccccc1NC(=O)c1ccccc1. The highest BCUT2D eigenvalue weighted by Gasteiger charge is 2.17. The largest absolute Gasteiger partial charge is 0.444 e. The third-order valence-corrected chi connectivity index (χ3v) is 2.85. The van der Waals surface area contributed by atoms with E-state index in [0.717, 1.165) is 0 Å². The molecular formula is C18H20N2O3. The minimum atomic E-state index is -0.591. The summed E-state index contributed by atoms with van der Waals surface area (Å²) in [6, 6.07) is 15.8. The second-order valence-corrected chi connectivity index (χ2v) is 5.99. The summed E-state index contributed by atoms with van der Waals surface area (Å²) in [6.45, 7) is 5.36. The van der Waals surface area contributed by atoms with Crippen molar-refractivity contribution in [1.82, 2.24) is 0 Å². The third-order valence-electron chi connectivity index (χ3n) is 2.85. The van der Waals surface area contributed by atoms with Gasteiger partial charge in [-0.15, -0.1) is 0 Å². The molecule has 5 nitrogen and oxygen atoms in total. The highest BCUT2D eigenvalue weighted by Crippen LogP contribution is 2.22. The molecule has 0 aliphatic heterocycles. The first kappa shape index (κ1) is 16.5. The molecule has 120 valence electrons. The van der Waals surface area contributed by atoms with Crippen molar-refractivity contribution in [1.29, 1.82) is 0 Å². The van der Waals surface area contributed by atoms with E-state index in [-0.39, 0.29) is 5.91 Å². The molecule has 0 saturated heterocycles. The zero-order chi connectivity index (χ0) is 16.9. The maximum Gasteiger partial charge on any atom is 0.412 e.